The SMILES string of the molecule is C=C.CN(C)c1ccc2[cH-]ccc2c1.CN(C)c1ccc2[cH-]ccc2c1.[Cl-].[Cl-].[Zr+4]. The second kappa shape index (κ2) is 14.4. The Kier molecular flexibility index (Phi) is 14.8. The Morgan fingerprint density at radius 1 is 0.621 bits per heavy atom. The molecule has 0 spiro atoms. The largest absolute Gasteiger partial charge is 4.00 e. The topological polar surface area (TPSA) is 6.48 Å². The van der Waals surface area contributed by atoms with Crippen LogP contribution in [0.25, 0.3) is 21.5 Å². The van der Waals surface area contributed by atoms with Crippen LogP contribution in [-0.2, 0) is 26.2 Å². The number of fused-ring (bicyclic) bond motifs is 2. The Bertz CT molecular complexity index is 880. The molecule has 0 saturated heterocycles. The van der Waals surface area contributed by atoms with Crippen molar-refractivity contribution in [2.75, 3.05) is 38.0 Å². The van der Waals surface area contributed by atoms with Crippen LogP contribution >= 0.6 is 0 Å². The van der Waals surface area contributed by atoms with Crippen molar-refractivity contribution in [2.45, 2.75) is 0 Å². The molecule has 0 atom stereocenters. The fourth-order valence-corrected chi connectivity index (χ4v) is 2.78. The summed E-state index contributed by atoms with van der Waals surface area (Å²) in [5, 5.41) is 5.28. The fourth-order valence-electron chi connectivity index (χ4n) is 2.78. The van der Waals surface area contributed by atoms with Crippen LogP contribution in [0.1, 0.15) is 0 Å². The number of hydrogen-bond donors (Lipinski definition) is 0. The maximum Gasteiger partial charge on any atom is 4.00 e. The van der Waals surface area contributed by atoms with E-state index in [9.17, 15) is 0 Å². The van der Waals surface area contributed by atoms with Gasteiger partial charge in [0.05, 0.1) is 0 Å². The summed E-state index contributed by atoms with van der Waals surface area (Å²) in [6.45, 7) is 6.00. The molecule has 0 aliphatic carbocycles. The number of nitrogens with zero attached hydrogens (tertiary/aromatic N) is 2. The molecule has 0 saturated carbocycles. The minimum absolute atomic E-state index is 0. The van der Waals surface area contributed by atoms with E-state index in [1.54, 1.807) is 0 Å². The molecular formula is C24H28Cl2N2Zr. The van der Waals surface area contributed by atoms with E-state index in [0.29, 0.717) is 0 Å². The van der Waals surface area contributed by atoms with Crippen molar-refractivity contribution in [1.29, 1.82) is 0 Å². The van der Waals surface area contributed by atoms with Crippen molar-refractivity contribution in [2.24, 2.45) is 0 Å². The van der Waals surface area contributed by atoms with Gasteiger partial charge in [-0.05, 0) is 0 Å². The van der Waals surface area contributed by atoms with Gasteiger partial charge < -0.3 is 34.6 Å². The van der Waals surface area contributed by atoms with Crippen molar-refractivity contribution in [3.8, 4) is 0 Å². The molecule has 0 unspecified atom stereocenters. The summed E-state index contributed by atoms with van der Waals surface area (Å²) in [7, 11) is 8.24. The fraction of sp³-hybridized carbons (Fsp3) is 0.167. The molecule has 5 heteroatoms. The van der Waals surface area contributed by atoms with E-state index in [-0.39, 0.29) is 51.0 Å². The van der Waals surface area contributed by atoms with Gasteiger partial charge in [-0.15, -0.1) is 48.2 Å². The maximum atomic E-state index is 3.00. The minimum atomic E-state index is 0. The van der Waals surface area contributed by atoms with Crippen molar-refractivity contribution in [1.82, 2.24) is 0 Å². The molecule has 0 aromatic heterocycles. The van der Waals surface area contributed by atoms with Crippen LogP contribution in [-0.4, -0.2) is 28.2 Å². The second-order valence-electron chi connectivity index (χ2n) is 6.47. The average Bonchev–Trinajstić information content (AvgIpc) is 3.31. The van der Waals surface area contributed by atoms with Crippen molar-refractivity contribution in [3.05, 3.63) is 86.0 Å². The molecule has 4 rings (SSSR count). The smallest absolute Gasteiger partial charge is 1.00 e. The molecule has 0 heterocycles. The molecule has 4 aromatic carbocycles. The summed E-state index contributed by atoms with van der Waals surface area (Å²) in [6, 6.07) is 25.7. The Labute approximate surface area is 206 Å². The predicted molar refractivity (Wildman–Crippen MR) is 119 cm³/mol. The van der Waals surface area contributed by atoms with E-state index < -0.39 is 0 Å². The quantitative estimate of drug-likeness (QED) is 0.280. The van der Waals surface area contributed by atoms with E-state index in [4.69, 9.17) is 0 Å². The number of halogens is 2. The van der Waals surface area contributed by atoms with Gasteiger partial charge in [-0.3, -0.25) is 0 Å². The van der Waals surface area contributed by atoms with E-state index >= 15 is 0 Å². The monoisotopic (exact) mass is 504 g/mol. The van der Waals surface area contributed by atoms with Gasteiger partial charge in [0.2, 0.25) is 0 Å². The molecule has 0 fully saturated rings. The van der Waals surface area contributed by atoms with Crippen molar-refractivity contribution >= 4 is 32.9 Å². The van der Waals surface area contributed by atoms with Crippen molar-refractivity contribution in [3.63, 3.8) is 0 Å². The van der Waals surface area contributed by atoms with Crippen LogP contribution in [0.15, 0.2) is 86.0 Å². The third kappa shape index (κ3) is 8.01. The summed E-state index contributed by atoms with van der Waals surface area (Å²) in [5.41, 5.74) is 2.52. The molecule has 0 aliphatic rings. The number of benzene rings is 2. The van der Waals surface area contributed by atoms with Crippen LogP contribution < -0.4 is 34.6 Å². The van der Waals surface area contributed by atoms with Crippen LogP contribution in [0, 0.1) is 0 Å². The minimum Gasteiger partial charge on any atom is -1.00 e. The van der Waals surface area contributed by atoms with Gasteiger partial charge in [0.1, 0.15) is 0 Å². The first kappa shape index (κ1) is 29.7. The van der Waals surface area contributed by atoms with Gasteiger partial charge >= 0.3 is 26.2 Å². The van der Waals surface area contributed by atoms with E-state index in [0.717, 1.165) is 0 Å². The Balaban J connectivity index is 0. The normalized spacial score (nSPS) is 8.83. The average molecular weight is 507 g/mol. The van der Waals surface area contributed by atoms with E-state index in [2.05, 4.69) is 124 Å². The van der Waals surface area contributed by atoms with Crippen molar-refractivity contribution < 1.29 is 51.0 Å². The molecule has 152 valence electrons. The number of anilines is 2. The van der Waals surface area contributed by atoms with Gasteiger partial charge in [-0.25, -0.2) is 0 Å². The summed E-state index contributed by atoms with van der Waals surface area (Å²) in [5.74, 6) is 0. The number of rotatable bonds is 2. The molecule has 4 aromatic rings. The molecule has 0 amide bonds. The van der Waals surface area contributed by atoms with Gasteiger partial charge in [0, 0.05) is 39.6 Å². The van der Waals surface area contributed by atoms with Crippen LogP contribution in [0.5, 0.6) is 0 Å². The third-order valence-corrected chi connectivity index (χ3v) is 4.28. The van der Waals surface area contributed by atoms with E-state index in [1.165, 1.54) is 32.9 Å². The molecular weight excluding hydrogens is 478 g/mol. The van der Waals surface area contributed by atoms with Crippen LogP contribution in [0.3, 0.4) is 0 Å². The van der Waals surface area contributed by atoms with Gasteiger partial charge in [-0.2, -0.15) is 35.0 Å². The first-order valence-corrected chi connectivity index (χ1v) is 8.70. The Hall–Kier alpha value is -1.54. The number of hydrogen-bond acceptors (Lipinski definition) is 2. The van der Waals surface area contributed by atoms with Crippen LogP contribution in [0.4, 0.5) is 11.4 Å². The summed E-state index contributed by atoms with van der Waals surface area (Å²) in [6.07, 6.45) is 0. The molecule has 0 radical (unpaired) electrons. The summed E-state index contributed by atoms with van der Waals surface area (Å²) >= 11 is 0. The predicted octanol–water partition coefficient (Wildman–Crippen LogP) is 0.0571. The molecule has 2 nitrogen and oxygen atoms in total. The summed E-state index contributed by atoms with van der Waals surface area (Å²) < 4.78 is 0. The maximum absolute atomic E-state index is 3.00. The Morgan fingerprint density at radius 2 is 0.966 bits per heavy atom. The second-order valence-corrected chi connectivity index (χ2v) is 6.47. The Morgan fingerprint density at radius 3 is 1.28 bits per heavy atom. The first-order valence-electron chi connectivity index (χ1n) is 8.70. The molecule has 0 bridgehead atoms. The van der Waals surface area contributed by atoms with Gasteiger partial charge in [0.15, 0.2) is 0 Å². The molecule has 0 aliphatic heterocycles. The van der Waals surface area contributed by atoms with E-state index in [1.807, 2.05) is 0 Å². The molecule has 0 N–H and O–H groups in total. The van der Waals surface area contributed by atoms with Gasteiger partial charge in [0.25, 0.3) is 0 Å². The first-order chi connectivity index (χ1) is 12.5. The molecule has 29 heavy (non-hydrogen) atoms. The zero-order valence-corrected chi connectivity index (χ0v) is 21.5. The zero-order chi connectivity index (χ0) is 19.1. The third-order valence-electron chi connectivity index (χ3n) is 4.28. The van der Waals surface area contributed by atoms with Gasteiger partial charge in [-0.1, -0.05) is 24.3 Å². The summed E-state index contributed by atoms with van der Waals surface area (Å²) in [4.78, 5) is 4.24. The zero-order valence-electron chi connectivity index (χ0n) is 17.5. The van der Waals surface area contributed by atoms with Crippen LogP contribution in [0.2, 0.25) is 0 Å². The standard InChI is InChI=1S/2C11H12N.C2H4.2ClH.Zr/c2*1-12(2)11-7-6-9-4-3-5-10(9)8-11;1-2;;;/h2*3-8H,1-2H3;1-2H2;2*1H;/q2*-1;;;;+4/p-2.